The first kappa shape index (κ1) is 25.3. The summed E-state index contributed by atoms with van der Waals surface area (Å²) in [7, 11) is 0. The smallest absolute Gasteiger partial charge is 0.146 e. The maximum atomic E-state index is 5.15. The minimum absolute atomic E-state index is 0.0858. The van der Waals surface area contributed by atoms with Crippen LogP contribution in [0.2, 0.25) is 0 Å². The van der Waals surface area contributed by atoms with Gasteiger partial charge in [-0.3, -0.25) is 4.40 Å². The second-order valence-corrected chi connectivity index (χ2v) is 13.6. The van der Waals surface area contributed by atoms with Crippen LogP contribution in [0.5, 0.6) is 0 Å². The molecule has 0 N–H and O–H groups in total. The lowest BCUT2D eigenvalue weighted by Crippen LogP contribution is -2.23. The molecule has 0 amide bonds. The Morgan fingerprint density at radius 3 is 2.13 bits per heavy atom. The minimum atomic E-state index is -0.0858. The van der Waals surface area contributed by atoms with E-state index in [-0.39, 0.29) is 5.41 Å². The van der Waals surface area contributed by atoms with Gasteiger partial charge in [-0.05, 0) is 81.4 Å². The fourth-order valence-corrected chi connectivity index (χ4v) is 8.80. The third-order valence-corrected chi connectivity index (χ3v) is 10.8. The van der Waals surface area contributed by atoms with Gasteiger partial charge in [0.25, 0.3) is 0 Å². The van der Waals surface area contributed by atoms with Crippen LogP contribution < -0.4 is 0 Å². The van der Waals surface area contributed by atoms with Crippen LogP contribution >= 0.6 is 0 Å². The van der Waals surface area contributed by atoms with E-state index in [4.69, 9.17) is 4.98 Å². The lowest BCUT2D eigenvalue weighted by Gasteiger charge is -2.35. The Labute approximate surface area is 270 Å². The van der Waals surface area contributed by atoms with Gasteiger partial charge in [0.1, 0.15) is 5.65 Å². The zero-order valence-corrected chi connectivity index (χ0v) is 26.1. The van der Waals surface area contributed by atoms with Gasteiger partial charge in [0.05, 0.1) is 27.6 Å². The Morgan fingerprint density at radius 2 is 1.23 bits per heavy atom. The quantitative estimate of drug-likeness (QED) is 0.172. The van der Waals surface area contributed by atoms with E-state index in [9.17, 15) is 0 Å². The summed E-state index contributed by atoms with van der Waals surface area (Å²) in [6.45, 7) is 4.74. The third kappa shape index (κ3) is 3.09. The van der Waals surface area contributed by atoms with E-state index in [0.29, 0.717) is 0 Å². The molecule has 1 aliphatic carbocycles. The number of para-hydroxylation sites is 4. The number of aromatic nitrogens is 3. The van der Waals surface area contributed by atoms with E-state index in [2.05, 4.69) is 162 Å². The lowest BCUT2D eigenvalue weighted by molar-refractivity contribution is 0.645. The van der Waals surface area contributed by atoms with Crippen molar-refractivity contribution in [3.05, 3.63) is 151 Å². The molecule has 0 spiro atoms. The van der Waals surface area contributed by atoms with Crippen LogP contribution in [0, 0.1) is 0 Å². The van der Waals surface area contributed by atoms with Crippen LogP contribution in [0.1, 0.15) is 25.0 Å². The summed E-state index contributed by atoms with van der Waals surface area (Å²) in [4.78, 5) is 5.15. The van der Waals surface area contributed by atoms with Crippen LogP contribution in [0.3, 0.4) is 0 Å². The molecule has 0 saturated carbocycles. The van der Waals surface area contributed by atoms with Gasteiger partial charge >= 0.3 is 0 Å². The molecule has 7 aromatic carbocycles. The van der Waals surface area contributed by atoms with Gasteiger partial charge < -0.3 is 4.57 Å². The van der Waals surface area contributed by atoms with Crippen molar-refractivity contribution in [3.63, 3.8) is 0 Å². The highest BCUT2D eigenvalue weighted by Crippen LogP contribution is 2.53. The van der Waals surface area contributed by atoms with Crippen LogP contribution in [-0.2, 0) is 5.41 Å². The largest absolute Gasteiger partial charge is 0.309 e. The first-order valence-corrected chi connectivity index (χ1v) is 16.4. The van der Waals surface area contributed by atoms with E-state index in [1.165, 1.54) is 71.1 Å². The van der Waals surface area contributed by atoms with Gasteiger partial charge in [0, 0.05) is 38.2 Å². The molecule has 3 aromatic heterocycles. The maximum Gasteiger partial charge on any atom is 0.146 e. The molecule has 3 heterocycles. The zero-order chi connectivity index (χ0) is 31.0. The van der Waals surface area contributed by atoms with Crippen molar-refractivity contribution in [2.45, 2.75) is 19.3 Å². The highest BCUT2D eigenvalue weighted by Gasteiger charge is 2.35. The first-order valence-electron chi connectivity index (χ1n) is 16.4. The Bertz CT molecular complexity index is 2990. The molecule has 3 nitrogen and oxygen atoms in total. The van der Waals surface area contributed by atoms with Gasteiger partial charge in [-0.2, -0.15) is 0 Å². The van der Waals surface area contributed by atoms with Gasteiger partial charge in [-0.25, -0.2) is 4.98 Å². The molecule has 47 heavy (non-hydrogen) atoms. The Kier molecular flexibility index (Phi) is 4.66. The highest BCUT2D eigenvalue weighted by atomic mass is 15.0. The molecular weight excluding hydrogens is 571 g/mol. The molecule has 0 saturated heterocycles. The SMILES string of the molecule is CC1(C)c2ccccc2-c2c3c1cccc3cc1c2c2ccccc2n1-c1ccc2c(c1)c1ccccc1n1c3ccccc3nc21. The highest BCUT2D eigenvalue weighted by molar-refractivity contribution is 6.25. The van der Waals surface area contributed by atoms with Crippen molar-refractivity contribution in [2.75, 3.05) is 0 Å². The Balaban J connectivity index is 1.31. The lowest BCUT2D eigenvalue weighted by atomic mass is 9.68. The van der Waals surface area contributed by atoms with E-state index >= 15 is 0 Å². The van der Waals surface area contributed by atoms with Crippen LogP contribution in [0.4, 0.5) is 0 Å². The fraction of sp³-hybridized carbons (Fsp3) is 0.0682. The number of pyridine rings is 1. The maximum absolute atomic E-state index is 5.15. The topological polar surface area (TPSA) is 22.2 Å². The average Bonchev–Trinajstić information content (AvgIpc) is 3.66. The Hall–Kier alpha value is -5.93. The van der Waals surface area contributed by atoms with E-state index < -0.39 is 0 Å². The molecule has 220 valence electrons. The van der Waals surface area contributed by atoms with Gasteiger partial charge in [-0.15, -0.1) is 0 Å². The summed E-state index contributed by atoms with van der Waals surface area (Å²) in [6.07, 6.45) is 0. The van der Waals surface area contributed by atoms with E-state index in [0.717, 1.165) is 27.8 Å². The number of imidazole rings is 1. The second-order valence-electron chi connectivity index (χ2n) is 13.6. The predicted octanol–water partition coefficient (Wildman–Crippen LogP) is 11.4. The van der Waals surface area contributed by atoms with Crippen molar-refractivity contribution in [3.8, 4) is 16.8 Å². The third-order valence-electron chi connectivity index (χ3n) is 10.8. The summed E-state index contributed by atoms with van der Waals surface area (Å²) in [5.41, 5.74) is 13.3. The molecule has 11 rings (SSSR count). The molecule has 0 radical (unpaired) electrons. The number of benzene rings is 7. The second kappa shape index (κ2) is 8.65. The molecule has 0 fully saturated rings. The summed E-state index contributed by atoms with van der Waals surface area (Å²) in [5, 5.41) is 8.86. The van der Waals surface area contributed by atoms with Gasteiger partial charge in [0.2, 0.25) is 0 Å². The summed E-state index contributed by atoms with van der Waals surface area (Å²) >= 11 is 0. The van der Waals surface area contributed by atoms with Crippen molar-refractivity contribution < 1.29 is 0 Å². The van der Waals surface area contributed by atoms with Crippen LogP contribution in [0.25, 0.3) is 87.7 Å². The number of nitrogens with zero attached hydrogens (tertiary/aromatic N) is 3. The number of hydrogen-bond donors (Lipinski definition) is 0. The fourth-order valence-electron chi connectivity index (χ4n) is 8.80. The zero-order valence-electron chi connectivity index (χ0n) is 26.1. The molecule has 3 heteroatoms. The molecule has 0 unspecified atom stereocenters. The van der Waals surface area contributed by atoms with Crippen molar-refractivity contribution >= 4 is 70.9 Å². The number of fused-ring (bicyclic) bond motifs is 14. The van der Waals surface area contributed by atoms with Crippen molar-refractivity contribution in [1.29, 1.82) is 0 Å². The van der Waals surface area contributed by atoms with Gasteiger partial charge in [0.15, 0.2) is 0 Å². The first-order chi connectivity index (χ1) is 23.1. The standard InChI is InChI=1S/C44H29N3/c1-44(2)33-16-6-3-14-30(33)42-40-26(12-11-17-34(40)44)24-39-41(42)31-15-5-9-20-37(31)46(39)27-22-23-29-32(25-27)28-13-4-8-19-36(28)47-38-21-10-7-18-35(38)45-43(29)47/h3-25H,1-2H3. The summed E-state index contributed by atoms with van der Waals surface area (Å²) in [5.74, 6) is 0. The Morgan fingerprint density at radius 1 is 0.511 bits per heavy atom. The van der Waals surface area contributed by atoms with Gasteiger partial charge in [-0.1, -0.05) is 105 Å². The van der Waals surface area contributed by atoms with Crippen LogP contribution in [-0.4, -0.2) is 14.0 Å². The van der Waals surface area contributed by atoms with Crippen molar-refractivity contribution in [2.24, 2.45) is 0 Å². The molecular formula is C44H29N3. The molecule has 10 aromatic rings. The van der Waals surface area contributed by atoms with E-state index in [1.807, 2.05) is 0 Å². The molecule has 0 aliphatic heterocycles. The van der Waals surface area contributed by atoms with Crippen molar-refractivity contribution in [1.82, 2.24) is 14.0 Å². The normalized spacial score (nSPS) is 13.9. The summed E-state index contributed by atoms with van der Waals surface area (Å²) in [6, 6.07) is 51.4. The minimum Gasteiger partial charge on any atom is -0.309 e. The molecule has 0 bridgehead atoms. The monoisotopic (exact) mass is 599 g/mol. The summed E-state index contributed by atoms with van der Waals surface area (Å²) < 4.78 is 4.80. The number of rotatable bonds is 1. The molecule has 1 aliphatic rings. The van der Waals surface area contributed by atoms with Crippen LogP contribution in [0.15, 0.2) is 140 Å². The average molecular weight is 600 g/mol. The molecule has 0 atom stereocenters. The van der Waals surface area contributed by atoms with E-state index in [1.54, 1.807) is 0 Å². The number of hydrogen-bond acceptors (Lipinski definition) is 1. The predicted molar refractivity (Wildman–Crippen MR) is 197 cm³/mol.